The van der Waals surface area contributed by atoms with Crippen LogP contribution in [0.5, 0.6) is 0 Å². The highest BCUT2D eigenvalue weighted by Gasteiger charge is 2.00. The Morgan fingerprint density at radius 3 is 2.53 bits per heavy atom. The first-order chi connectivity index (χ1) is 7.34. The minimum atomic E-state index is 0.891. The van der Waals surface area contributed by atoms with Crippen LogP contribution in [0.2, 0.25) is 0 Å². The predicted octanol–water partition coefficient (Wildman–Crippen LogP) is 2.25. The van der Waals surface area contributed by atoms with E-state index in [0.29, 0.717) is 0 Å². The first kappa shape index (κ1) is 11.8. The molecule has 0 unspecified atom stereocenters. The molecule has 1 aromatic rings. The zero-order valence-electron chi connectivity index (χ0n) is 9.48. The summed E-state index contributed by atoms with van der Waals surface area (Å²) < 4.78 is 0. The summed E-state index contributed by atoms with van der Waals surface area (Å²) in [5, 5.41) is 14.9. The van der Waals surface area contributed by atoms with Gasteiger partial charge in [-0.25, -0.2) is 0 Å². The average Bonchev–Trinajstić information content (AvgIpc) is 2.25. The van der Waals surface area contributed by atoms with Crippen LogP contribution in [0.4, 0.5) is 0 Å². The molecule has 0 saturated heterocycles. The predicted molar refractivity (Wildman–Crippen MR) is 59.3 cm³/mol. The molecule has 0 aliphatic carbocycles. The van der Waals surface area contributed by atoms with Gasteiger partial charge < -0.3 is 0 Å². The van der Waals surface area contributed by atoms with Crippen LogP contribution >= 0.6 is 0 Å². The molecule has 0 saturated carbocycles. The summed E-state index contributed by atoms with van der Waals surface area (Å²) in [5.41, 5.74) is 1.86. The van der Waals surface area contributed by atoms with Crippen LogP contribution in [-0.4, -0.2) is 20.6 Å². The van der Waals surface area contributed by atoms with Gasteiger partial charge in [0.05, 0.1) is 11.4 Å². The lowest BCUT2D eigenvalue weighted by Crippen LogP contribution is -2.02. The molecule has 0 fully saturated rings. The maximum absolute atomic E-state index is 3.96. The van der Waals surface area contributed by atoms with Crippen molar-refractivity contribution in [1.29, 1.82) is 0 Å². The third kappa shape index (κ3) is 4.63. The quantitative estimate of drug-likeness (QED) is 0.529. The zero-order chi connectivity index (χ0) is 10.9. The standard InChI is InChI=1S/C11H18N4/c1-3-4-5-6-7-8-9-11-10(2)12-14-15-13-11/h5-6H,3-4,7-9H2,1-2H3/b6-5-. The molecule has 15 heavy (non-hydrogen) atoms. The van der Waals surface area contributed by atoms with E-state index in [1.54, 1.807) is 0 Å². The SMILES string of the molecule is CCC/C=C\CCCc1nnnnc1C. The second kappa shape index (κ2) is 7.04. The van der Waals surface area contributed by atoms with Crippen molar-refractivity contribution in [3.63, 3.8) is 0 Å². The molecular weight excluding hydrogens is 188 g/mol. The van der Waals surface area contributed by atoms with Gasteiger partial charge in [0, 0.05) is 0 Å². The molecule has 1 aromatic heterocycles. The molecule has 1 heterocycles. The van der Waals surface area contributed by atoms with Gasteiger partial charge in [-0.3, -0.25) is 0 Å². The molecule has 0 amide bonds. The summed E-state index contributed by atoms with van der Waals surface area (Å²) in [6.45, 7) is 4.11. The third-order valence-corrected chi connectivity index (χ3v) is 2.22. The lowest BCUT2D eigenvalue weighted by atomic mass is 10.1. The van der Waals surface area contributed by atoms with Crippen LogP contribution in [0, 0.1) is 6.92 Å². The number of aryl methyl sites for hydroxylation is 2. The van der Waals surface area contributed by atoms with Crippen molar-refractivity contribution < 1.29 is 0 Å². The van der Waals surface area contributed by atoms with E-state index in [2.05, 4.69) is 39.7 Å². The van der Waals surface area contributed by atoms with Crippen molar-refractivity contribution in [2.45, 2.75) is 46.0 Å². The van der Waals surface area contributed by atoms with Crippen LogP contribution in [0.1, 0.15) is 44.0 Å². The number of allylic oxidation sites excluding steroid dienone is 2. The first-order valence-electron chi connectivity index (χ1n) is 5.51. The van der Waals surface area contributed by atoms with Crippen molar-refractivity contribution >= 4 is 0 Å². The van der Waals surface area contributed by atoms with E-state index in [-0.39, 0.29) is 0 Å². The molecule has 0 aliphatic heterocycles. The summed E-state index contributed by atoms with van der Waals surface area (Å²) in [7, 11) is 0. The molecule has 0 N–H and O–H groups in total. The molecule has 0 aliphatic rings. The highest BCUT2D eigenvalue weighted by atomic mass is 15.4. The van der Waals surface area contributed by atoms with E-state index in [1.807, 2.05) is 6.92 Å². The fourth-order valence-electron chi connectivity index (χ4n) is 1.31. The number of unbranched alkanes of at least 4 members (excludes halogenated alkanes) is 2. The molecule has 0 spiro atoms. The molecule has 0 radical (unpaired) electrons. The second-order valence-electron chi connectivity index (χ2n) is 3.56. The third-order valence-electron chi connectivity index (χ3n) is 2.22. The van der Waals surface area contributed by atoms with E-state index >= 15 is 0 Å². The van der Waals surface area contributed by atoms with Gasteiger partial charge in [-0.05, 0) is 43.0 Å². The normalized spacial score (nSPS) is 11.1. The summed E-state index contributed by atoms with van der Waals surface area (Å²) >= 11 is 0. The van der Waals surface area contributed by atoms with Crippen LogP contribution in [-0.2, 0) is 6.42 Å². The molecule has 0 aromatic carbocycles. The molecular formula is C11H18N4. The highest BCUT2D eigenvalue weighted by molar-refractivity contribution is 5.04. The van der Waals surface area contributed by atoms with E-state index in [1.165, 1.54) is 12.8 Å². The molecule has 0 atom stereocenters. The van der Waals surface area contributed by atoms with Gasteiger partial charge in [0.1, 0.15) is 0 Å². The Bertz CT molecular complexity index is 309. The van der Waals surface area contributed by atoms with Gasteiger partial charge in [-0.15, -0.1) is 10.2 Å². The minimum Gasteiger partial charge on any atom is -0.132 e. The van der Waals surface area contributed by atoms with E-state index in [4.69, 9.17) is 0 Å². The fraction of sp³-hybridized carbons (Fsp3) is 0.636. The number of aromatic nitrogens is 4. The van der Waals surface area contributed by atoms with Gasteiger partial charge >= 0.3 is 0 Å². The van der Waals surface area contributed by atoms with Crippen LogP contribution in [0.25, 0.3) is 0 Å². The van der Waals surface area contributed by atoms with Gasteiger partial charge in [-0.2, -0.15) is 0 Å². The maximum atomic E-state index is 3.96. The first-order valence-corrected chi connectivity index (χ1v) is 5.51. The summed E-state index contributed by atoms with van der Waals surface area (Å²) in [6, 6.07) is 0. The van der Waals surface area contributed by atoms with Gasteiger partial charge in [-0.1, -0.05) is 25.5 Å². The lowest BCUT2D eigenvalue weighted by molar-refractivity contribution is 0.681. The fourth-order valence-corrected chi connectivity index (χ4v) is 1.31. The Hall–Kier alpha value is -1.32. The Balaban J connectivity index is 2.23. The molecule has 4 heteroatoms. The minimum absolute atomic E-state index is 0.891. The van der Waals surface area contributed by atoms with Gasteiger partial charge in [0.25, 0.3) is 0 Å². The lowest BCUT2D eigenvalue weighted by Gasteiger charge is -1.98. The second-order valence-corrected chi connectivity index (χ2v) is 3.56. The Morgan fingerprint density at radius 1 is 1.07 bits per heavy atom. The Kier molecular flexibility index (Phi) is 5.51. The van der Waals surface area contributed by atoms with Crippen molar-refractivity contribution in [3.05, 3.63) is 23.5 Å². The van der Waals surface area contributed by atoms with E-state index < -0.39 is 0 Å². The molecule has 1 rings (SSSR count). The summed E-state index contributed by atoms with van der Waals surface area (Å²) in [6.07, 6.45) is 10.0. The van der Waals surface area contributed by atoms with Gasteiger partial charge in [0.2, 0.25) is 0 Å². The zero-order valence-corrected chi connectivity index (χ0v) is 9.48. The number of nitrogens with zero attached hydrogens (tertiary/aromatic N) is 4. The largest absolute Gasteiger partial charge is 0.132 e. The molecule has 82 valence electrons. The van der Waals surface area contributed by atoms with Crippen molar-refractivity contribution in [2.24, 2.45) is 0 Å². The highest BCUT2D eigenvalue weighted by Crippen LogP contribution is 2.04. The average molecular weight is 206 g/mol. The van der Waals surface area contributed by atoms with Crippen molar-refractivity contribution in [2.75, 3.05) is 0 Å². The topological polar surface area (TPSA) is 51.6 Å². The van der Waals surface area contributed by atoms with Crippen molar-refractivity contribution in [1.82, 2.24) is 20.6 Å². The van der Waals surface area contributed by atoms with Crippen molar-refractivity contribution in [3.8, 4) is 0 Å². The smallest absolute Gasteiger partial charge is 0.0880 e. The maximum Gasteiger partial charge on any atom is 0.0880 e. The molecule has 0 bridgehead atoms. The Labute approximate surface area is 90.8 Å². The van der Waals surface area contributed by atoms with Crippen LogP contribution < -0.4 is 0 Å². The van der Waals surface area contributed by atoms with Gasteiger partial charge in [0.15, 0.2) is 0 Å². The van der Waals surface area contributed by atoms with Crippen LogP contribution in [0.15, 0.2) is 12.2 Å². The summed E-state index contributed by atoms with van der Waals surface area (Å²) in [4.78, 5) is 0. The van der Waals surface area contributed by atoms with E-state index in [9.17, 15) is 0 Å². The molecule has 4 nitrogen and oxygen atoms in total. The Morgan fingerprint density at radius 2 is 1.80 bits per heavy atom. The summed E-state index contributed by atoms with van der Waals surface area (Å²) in [5.74, 6) is 0. The van der Waals surface area contributed by atoms with E-state index in [0.717, 1.165) is 30.7 Å². The number of rotatable bonds is 6. The monoisotopic (exact) mass is 206 g/mol. The number of hydrogen-bond donors (Lipinski definition) is 0. The van der Waals surface area contributed by atoms with Crippen LogP contribution in [0.3, 0.4) is 0 Å². The number of hydrogen-bond acceptors (Lipinski definition) is 4.